The number of furan rings is 1. The molecule has 2 nitrogen and oxygen atoms in total. The molecule has 0 aliphatic heterocycles. The number of hydrogen-bond donors (Lipinski definition) is 0. The molecular formula is C19H16NO+. The van der Waals surface area contributed by atoms with Crippen molar-refractivity contribution in [3.05, 3.63) is 72.1 Å². The standard InChI is InChI=1S/C19H16NO/c1-13-10-11-17-18(15-8-3-4-9-16(15)21-17)19(13)20-12-6-5-7-14(20)2/h3-12H,1-2H3/q+1. The van der Waals surface area contributed by atoms with Crippen LogP contribution in [0.5, 0.6) is 0 Å². The number of nitrogens with zero attached hydrogens (tertiary/aromatic N) is 1. The van der Waals surface area contributed by atoms with E-state index in [0.29, 0.717) is 0 Å². The fourth-order valence-electron chi connectivity index (χ4n) is 2.99. The van der Waals surface area contributed by atoms with Crippen LogP contribution in [0.25, 0.3) is 27.6 Å². The van der Waals surface area contributed by atoms with Gasteiger partial charge in [0.15, 0.2) is 11.9 Å². The summed E-state index contributed by atoms with van der Waals surface area (Å²) < 4.78 is 8.23. The van der Waals surface area contributed by atoms with E-state index in [1.54, 1.807) is 0 Å². The zero-order valence-corrected chi connectivity index (χ0v) is 12.1. The van der Waals surface area contributed by atoms with Crippen LogP contribution >= 0.6 is 0 Å². The molecule has 0 bridgehead atoms. The quantitative estimate of drug-likeness (QED) is 0.468. The molecule has 0 unspecified atom stereocenters. The minimum atomic E-state index is 0.938. The number of fused-ring (bicyclic) bond motifs is 3. The molecule has 2 heteroatoms. The molecule has 4 aromatic rings. The summed E-state index contributed by atoms with van der Waals surface area (Å²) in [5.41, 5.74) is 5.53. The normalized spacial score (nSPS) is 11.3. The van der Waals surface area contributed by atoms with E-state index in [9.17, 15) is 0 Å². The molecule has 0 saturated carbocycles. The minimum absolute atomic E-state index is 0.938. The molecular weight excluding hydrogens is 258 g/mol. The van der Waals surface area contributed by atoms with E-state index < -0.39 is 0 Å². The summed E-state index contributed by atoms with van der Waals surface area (Å²) >= 11 is 0. The fourth-order valence-corrected chi connectivity index (χ4v) is 2.99. The average Bonchev–Trinajstić information content (AvgIpc) is 2.87. The topological polar surface area (TPSA) is 17.0 Å². The maximum Gasteiger partial charge on any atom is 0.225 e. The number of aryl methyl sites for hydroxylation is 2. The van der Waals surface area contributed by atoms with Gasteiger partial charge in [0.25, 0.3) is 0 Å². The number of hydrogen-bond acceptors (Lipinski definition) is 1. The van der Waals surface area contributed by atoms with Crippen molar-refractivity contribution in [2.24, 2.45) is 0 Å². The van der Waals surface area contributed by atoms with Crippen LogP contribution in [-0.4, -0.2) is 0 Å². The highest BCUT2D eigenvalue weighted by Gasteiger charge is 2.21. The Morgan fingerprint density at radius 1 is 0.810 bits per heavy atom. The zero-order valence-electron chi connectivity index (χ0n) is 12.1. The third kappa shape index (κ3) is 1.76. The molecule has 0 aliphatic carbocycles. The first-order valence-electron chi connectivity index (χ1n) is 7.14. The van der Waals surface area contributed by atoms with Gasteiger partial charge in [0, 0.05) is 30.0 Å². The van der Waals surface area contributed by atoms with E-state index in [-0.39, 0.29) is 0 Å². The average molecular weight is 274 g/mol. The van der Waals surface area contributed by atoms with Gasteiger partial charge in [0.2, 0.25) is 5.69 Å². The van der Waals surface area contributed by atoms with E-state index in [2.05, 4.69) is 67.1 Å². The SMILES string of the molecule is Cc1ccc2oc3ccccc3c2c1-[n+]1ccccc1C. The first-order chi connectivity index (χ1) is 10.3. The van der Waals surface area contributed by atoms with Crippen LogP contribution in [0.2, 0.25) is 0 Å². The lowest BCUT2D eigenvalue weighted by molar-refractivity contribution is -0.601. The predicted octanol–water partition coefficient (Wildman–Crippen LogP) is 4.48. The zero-order chi connectivity index (χ0) is 14.4. The third-order valence-electron chi connectivity index (χ3n) is 4.02. The summed E-state index contributed by atoms with van der Waals surface area (Å²) in [6, 6.07) is 18.7. The van der Waals surface area contributed by atoms with Crippen molar-refractivity contribution in [3.63, 3.8) is 0 Å². The van der Waals surface area contributed by atoms with Gasteiger partial charge >= 0.3 is 0 Å². The van der Waals surface area contributed by atoms with Crippen molar-refractivity contribution < 1.29 is 8.98 Å². The van der Waals surface area contributed by atoms with Crippen molar-refractivity contribution in [2.45, 2.75) is 13.8 Å². The fraction of sp³-hybridized carbons (Fsp3) is 0.105. The van der Waals surface area contributed by atoms with Crippen molar-refractivity contribution in [3.8, 4) is 5.69 Å². The molecule has 0 saturated heterocycles. The van der Waals surface area contributed by atoms with Crippen molar-refractivity contribution in [2.75, 3.05) is 0 Å². The lowest BCUT2D eigenvalue weighted by atomic mass is 10.1. The maximum absolute atomic E-state index is 6.00. The van der Waals surface area contributed by atoms with Crippen LogP contribution < -0.4 is 4.57 Å². The molecule has 4 rings (SSSR count). The van der Waals surface area contributed by atoms with Gasteiger partial charge < -0.3 is 4.42 Å². The van der Waals surface area contributed by atoms with Crippen molar-refractivity contribution in [1.29, 1.82) is 0 Å². The van der Waals surface area contributed by atoms with Gasteiger partial charge in [0.1, 0.15) is 16.6 Å². The Hall–Kier alpha value is -2.61. The monoisotopic (exact) mass is 274 g/mol. The largest absolute Gasteiger partial charge is 0.456 e. The highest BCUT2D eigenvalue weighted by Crippen LogP contribution is 2.33. The first kappa shape index (κ1) is 12.2. The summed E-state index contributed by atoms with van der Waals surface area (Å²) in [5.74, 6) is 0. The Balaban J connectivity index is 2.22. The lowest BCUT2D eigenvalue weighted by Gasteiger charge is -2.04. The predicted molar refractivity (Wildman–Crippen MR) is 84.7 cm³/mol. The van der Waals surface area contributed by atoms with Gasteiger partial charge in [-0.25, -0.2) is 0 Å². The number of para-hydroxylation sites is 1. The van der Waals surface area contributed by atoms with Crippen LogP contribution in [0.15, 0.2) is 65.2 Å². The van der Waals surface area contributed by atoms with E-state index >= 15 is 0 Å². The lowest BCUT2D eigenvalue weighted by Crippen LogP contribution is -2.34. The van der Waals surface area contributed by atoms with Crippen LogP contribution in [0.1, 0.15) is 11.3 Å². The molecule has 0 radical (unpaired) electrons. The van der Waals surface area contributed by atoms with E-state index in [4.69, 9.17) is 4.42 Å². The Labute approximate surface area is 123 Å². The van der Waals surface area contributed by atoms with Gasteiger partial charge in [0.05, 0.1) is 0 Å². The molecule has 0 N–H and O–H groups in total. The second-order valence-electron chi connectivity index (χ2n) is 5.41. The molecule has 0 atom stereocenters. The number of rotatable bonds is 1. The Kier molecular flexibility index (Phi) is 2.58. The maximum atomic E-state index is 6.00. The molecule has 0 aliphatic rings. The van der Waals surface area contributed by atoms with Crippen LogP contribution in [0.4, 0.5) is 0 Å². The summed E-state index contributed by atoms with van der Waals surface area (Å²) in [6.07, 6.45) is 2.11. The Morgan fingerprint density at radius 2 is 1.62 bits per heavy atom. The van der Waals surface area contributed by atoms with Crippen molar-refractivity contribution >= 4 is 21.9 Å². The first-order valence-corrected chi connectivity index (χ1v) is 7.14. The van der Waals surface area contributed by atoms with Crippen LogP contribution in [0.3, 0.4) is 0 Å². The number of pyridine rings is 1. The summed E-state index contributed by atoms with van der Waals surface area (Å²) in [4.78, 5) is 0. The Bertz CT molecular complexity index is 966. The van der Waals surface area contributed by atoms with Crippen LogP contribution in [0, 0.1) is 13.8 Å². The summed E-state index contributed by atoms with van der Waals surface area (Å²) in [5, 5.41) is 2.35. The van der Waals surface area contributed by atoms with Crippen LogP contribution in [-0.2, 0) is 0 Å². The number of aromatic nitrogens is 1. The molecule has 21 heavy (non-hydrogen) atoms. The van der Waals surface area contributed by atoms with E-state index in [0.717, 1.165) is 11.2 Å². The Morgan fingerprint density at radius 3 is 2.48 bits per heavy atom. The molecule has 0 amide bonds. The van der Waals surface area contributed by atoms with Crippen molar-refractivity contribution in [1.82, 2.24) is 0 Å². The van der Waals surface area contributed by atoms with E-state index in [1.807, 2.05) is 12.1 Å². The van der Waals surface area contributed by atoms with Gasteiger partial charge in [-0.05, 0) is 25.1 Å². The smallest absolute Gasteiger partial charge is 0.225 e. The van der Waals surface area contributed by atoms with E-state index in [1.165, 1.54) is 27.7 Å². The molecule has 2 heterocycles. The highest BCUT2D eigenvalue weighted by molar-refractivity contribution is 6.08. The molecule has 102 valence electrons. The second-order valence-corrected chi connectivity index (χ2v) is 5.41. The molecule has 0 spiro atoms. The van der Waals surface area contributed by atoms with Gasteiger partial charge in [-0.3, -0.25) is 0 Å². The summed E-state index contributed by atoms with van der Waals surface area (Å²) in [7, 11) is 0. The third-order valence-corrected chi connectivity index (χ3v) is 4.02. The molecule has 0 fully saturated rings. The highest BCUT2D eigenvalue weighted by atomic mass is 16.3. The summed E-state index contributed by atoms with van der Waals surface area (Å²) in [6.45, 7) is 4.27. The minimum Gasteiger partial charge on any atom is -0.456 e. The molecule has 2 aromatic carbocycles. The van der Waals surface area contributed by atoms with Gasteiger partial charge in [-0.1, -0.05) is 24.3 Å². The molecule has 2 aromatic heterocycles. The van der Waals surface area contributed by atoms with Gasteiger partial charge in [-0.2, -0.15) is 4.57 Å². The number of benzene rings is 2. The van der Waals surface area contributed by atoms with Gasteiger partial charge in [-0.15, -0.1) is 0 Å². The second kappa shape index (κ2) is 4.45.